The number of halogens is 2. The van der Waals surface area contributed by atoms with Gasteiger partial charge in [-0.05, 0) is 66.6 Å². The molecule has 2 aromatic carbocycles. The van der Waals surface area contributed by atoms with Gasteiger partial charge in [0.15, 0.2) is 0 Å². The van der Waals surface area contributed by atoms with Crippen molar-refractivity contribution < 1.29 is 19.1 Å². The van der Waals surface area contributed by atoms with E-state index in [-0.39, 0.29) is 18.4 Å². The Balaban J connectivity index is 1.76. The van der Waals surface area contributed by atoms with Crippen LogP contribution in [0.25, 0.3) is 11.1 Å². The van der Waals surface area contributed by atoms with E-state index < -0.39 is 11.5 Å². The molecule has 3 rings (SSSR count). The topological polar surface area (TPSA) is 64.6 Å². The highest BCUT2D eigenvalue weighted by Gasteiger charge is 2.44. The maximum absolute atomic E-state index is 12.9. The van der Waals surface area contributed by atoms with Crippen molar-refractivity contribution in [2.45, 2.75) is 43.7 Å². The van der Waals surface area contributed by atoms with Gasteiger partial charge in [-0.25, -0.2) is 4.79 Å². The van der Waals surface area contributed by atoms with Crippen molar-refractivity contribution in [3.8, 4) is 11.1 Å². The minimum Gasteiger partial charge on any atom is -0.467 e. The van der Waals surface area contributed by atoms with E-state index in [2.05, 4.69) is 5.32 Å². The van der Waals surface area contributed by atoms with Gasteiger partial charge in [0.25, 0.3) is 0 Å². The summed E-state index contributed by atoms with van der Waals surface area (Å²) < 4.78 is 10.4. The molecule has 30 heavy (non-hydrogen) atoms. The van der Waals surface area contributed by atoms with Crippen LogP contribution in [0.3, 0.4) is 0 Å². The van der Waals surface area contributed by atoms with Crippen LogP contribution < -0.4 is 5.32 Å². The summed E-state index contributed by atoms with van der Waals surface area (Å²) in [5.74, 6) is -0.696. The summed E-state index contributed by atoms with van der Waals surface area (Å²) in [6.07, 6.45) is 2.46. The highest BCUT2D eigenvalue weighted by Crippen LogP contribution is 2.32. The van der Waals surface area contributed by atoms with Crippen molar-refractivity contribution in [1.29, 1.82) is 0 Å². The Morgan fingerprint density at radius 3 is 2.27 bits per heavy atom. The number of amides is 1. The SMILES string of the molecule is COC(=O)C1(NC(=O)Cc2cc(-c3ccc(Cl)cc3)ccc2Cl)CCC(OC)CC1. The van der Waals surface area contributed by atoms with Crippen molar-refractivity contribution in [2.75, 3.05) is 14.2 Å². The molecule has 0 atom stereocenters. The molecule has 1 aliphatic rings. The normalized spacial score (nSPS) is 21.1. The quantitative estimate of drug-likeness (QED) is 0.641. The second-order valence-electron chi connectivity index (χ2n) is 7.55. The monoisotopic (exact) mass is 449 g/mol. The zero-order valence-corrected chi connectivity index (χ0v) is 18.6. The molecule has 1 saturated carbocycles. The van der Waals surface area contributed by atoms with Crippen LogP contribution in [0.15, 0.2) is 42.5 Å². The third kappa shape index (κ3) is 5.15. The molecule has 0 radical (unpaired) electrons. The fourth-order valence-corrected chi connectivity index (χ4v) is 4.22. The summed E-state index contributed by atoms with van der Waals surface area (Å²) in [4.78, 5) is 25.4. The standard InChI is InChI=1S/C23H25Cl2NO4/c1-29-19-9-11-23(12-10-19,22(28)30-2)26-21(27)14-17-13-16(5-8-20(17)25)15-3-6-18(24)7-4-15/h3-8,13,19H,9-12,14H2,1-2H3,(H,26,27). The van der Waals surface area contributed by atoms with Crippen LogP contribution in [0.2, 0.25) is 10.0 Å². The van der Waals surface area contributed by atoms with Crippen LogP contribution in [0.5, 0.6) is 0 Å². The Morgan fingerprint density at radius 1 is 1.03 bits per heavy atom. The summed E-state index contributed by atoms with van der Waals surface area (Å²) in [6.45, 7) is 0. The molecule has 0 aromatic heterocycles. The van der Waals surface area contributed by atoms with Gasteiger partial charge in [-0.3, -0.25) is 4.79 Å². The summed E-state index contributed by atoms with van der Waals surface area (Å²) in [6, 6.07) is 13.0. The van der Waals surface area contributed by atoms with Crippen LogP contribution in [0.4, 0.5) is 0 Å². The molecular formula is C23H25Cl2NO4. The van der Waals surface area contributed by atoms with Gasteiger partial charge in [-0.2, -0.15) is 0 Å². The Kier molecular flexibility index (Phi) is 7.40. The van der Waals surface area contributed by atoms with Gasteiger partial charge in [0.2, 0.25) is 5.91 Å². The van der Waals surface area contributed by atoms with Gasteiger partial charge in [0.1, 0.15) is 5.54 Å². The van der Waals surface area contributed by atoms with Crippen molar-refractivity contribution in [3.63, 3.8) is 0 Å². The molecule has 1 N–H and O–H groups in total. The molecule has 160 valence electrons. The summed E-state index contributed by atoms with van der Waals surface area (Å²) in [5.41, 5.74) is 1.57. The molecule has 0 bridgehead atoms. The summed E-state index contributed by atoms with van der Waals surface area (Å²) >= 11 is 12.3. The lowest BCUT2D eigenvalue weighted by Gasteiger charge is -2.38. The number of carbonyl (C=O) groups is 2. The second-order valence-corrected chi connectivity index (χ2v) is 8.39. The van der Waals surface area contributed by atoms with E-state index in [4.69, 9.17) is 32.7 Å². The molecule has 0 aliphatic heterocycles. The minimum absolute atomic E-state index is 0.0622. The molecule has 1 fully saturated rings. The van der Waals surface area contributed by atoms with Crippen molar-refractivity contribution in [1.82, 2.24) is 5.32 Å². The van der Waals surface area contributed by atoms with Crippen LogP contribution in [0, 0.1) is 0 Å². The average molecular weight is 450 g/mol. The molecule has 2 aromatic rings. The van der Waals surface area contributed by atoms with E-state index in [1.807, 2.05) is 36.4 Å². The zero-order chi connectivity index (χ0) is 21.7. The lowest BCUT2D eigenvalue weighted by Crippen LogP contribution is -2.57. The smallest absolute Gasteiger partial charge is 0.331 e. The summed E-state index contributed by atoms with van der Waals surface area (Å²) in [5, 5.41) is 4.08. The predicted octanol–water partition coefficient (Wildman–Crippen LogP) is 4.82. The van der Waals surface area contributed by atoms with Crippen molar-refractivity contribution in [3.05, 3.63) is 58.1 Å². The number of hydrogen-bond donors (Lipinski definition) is 1. The number of carbonyl (C=O) groups excluding carboxylic acids is 2. The molecular weight excluding hydrogens is 425 g/mol. The number of hydrogen-bond acceptors (Lipinski definition) is 4. The largest absolute Gasteiger partial charge is 0.467 e. The van der Waals surface area contributed by atoms with E-state index in [0.29, 0.717) is 41.3 Å². The first-order valence-electron chi connectivity index (χ1n) is 9.83. The van der Waals surface area contributed by atoms with E-state index in [9.17, 15) is 9.59 Å². The number of nitrogens with one attached hydrogen (secondary N) is 1. The van der Waals surface area contributed by atoms with Crippen LogP contribution in [0.1, 0.15) is 31.2 Å². The first kappa shape index (κ1) is 22.6. The number of ether oxygens (including phenoxy) is 2. The maximum Gasteiger partial charge on any atom is 0.331 e. The predicted molar refractivity (Wildman–Crippen MR) is 118 cm³/mol. The Hall–Kier alpha value is -2.08. The van der Waals surface area contributed by atoms with E-state index >= 15 is 0 Å². The van der Waals surface area contributed by atoms with Gasteiger partial charge in [-0.1, -0.05) is 41.4 Å². The highest BCUT2D eigenvalue weighted by molar-refractivity contribution is 6.31. The Bertz CT molecular complexity index is 906. The van der Waals surface area contributed by atoms with Gasteiger partial charge >= 0.3 is 5.97 Å². The van der Waals surface area contributed by atoms with Crippen LogP contribution in [-0.2, 0) is 25.5 Å². The molecule has 0 spiro atoms. The molecule has 1 aliphatic carbocycles. The maximum atomic E-state index is 12.9. The van der Waals surface area contributed by atoms with E-state index in [1.54, 1.807) is 13.2 Å². The number of esters is 1. The highest BCUT2D eigenvalue weighted by atomic mass is 35.5. The first-order chi connectivity index (χ1) is 14.4. The third-order valence-corrected chi connectivity index (χ3v) is 6.27. The molecule has 7 heteroatoms. The second kappa shape index (κ2) is 9.82. The Labute approximate surface area is 186 Å². The molecule has 5 nitrogen and oxygen atoms in total. The molecule has 0 unspecified atom stereocenters. The van der Waals surface area contributed by atoms with E-state index in [1.165, 1.54) is 7.11 Å². The zero-order valence-electron chi connectivity index (χ0n) is 17.0. The average Bonchev–Trinajstić information content (AvgIpc) is 2.75. The first-order valence-corrected chi connectivity index (χ1v) is 10.6. The van der Waals surface area contributed by atoms with Gasteiger partial charge < -0.3 is 14.8 Å². The fraction of sp³-hybridized carbons (Fsp3) is 0.391. The van der Waals surface area contributed by atoms with Gasteiger partial charge in [-0.15, -0.1) is 0 Å². The summed E-state index contributed by atoms with van der Waals surface area (Å²) in [7, 11) is 3.00. The van der Waals surface area contributed by atoms with Crippen LogP contribution >= 0.6 is 23.2 Å². The van der Waals surface area contributed by atoms with Crippen molar-refractivity contribution >= 4 is 35.1 Å². The lowest BCUT2D eigenvalue weighted by molar-refractivity contribution is -0.153. The van der Waals surface area contributed by atoms with Gasteiger partial charge in [0, 0.05) is 17.2 Å². The van der Waals surface area contributed by atoms with Gasteiger partial charge in [0.05, 0.1) is 19.6 Å². The number of methoxy groups -OCH3 is 2. The fourth-order valence-electron chi connectivity index (χ4n) is 3.91. The molecule has 0 saturated heterocycles. The third-order valence-electron chi connectivity index (χ3n) is 5.65. The molecule has 0 heterocycles. The lowest BCUT2D eigenvalue weighted by atomic mass is 9.80. The molecule has 1 amide bonds. The number of benzene rings is 2. The minimum atomic E-state index is -1.03. The number of rotatable bonds is 6. The van der Waals surface area contributed by atoms with E-state index in [0.717, 1.165) is 11.1 Å². The Morgan fingerprint density at radius 2 is 1.67 bits per heavy atom. The van der Waals surface area contributed by atoms with Crippen LogP contribution in [-0.4, -0.2) is 37.7 Å². The van der Waals surface area contributed by atoms with Crippen molar-refractivity contribution in [2.24, 2.45) is 0 Å².